The molecule has 116 valence electrons. The van der Waals surface area contributed by atoms with E-state index >= 15 is 0 Å². The van der Waals surface area contributed by atoms with Gasteiger partial charge in [0.2, 0.25) is 0 Å². The lowest BCUT2D eigenvalue weighted by atomic mass is 9.92. The fourth-order valence-corrected chi connectivity index (χ4v) is 2.69. The Bertz CT molecular complexity index is 182. The van der Waals surface area contributed by atoms with Crippen molar-refractivity contribution >= 4 is 0 Å². The minimum Gasteiger partial charge on any atom is -0.393 e. The molecule has 2 nitrogen and oxygen atoms in total. The average molecular weight is 272 g/mol. The van der Waals surface area contributed by atoms with Crippen LogP contribution in [0.25, 0.3) is 0 Å². The number of rotatable bonds is 14. The van der Waals surface area contributed by atoms with Crippen LogP contribution in [0.4, 0.5) is 0 Å². The predicted octanol–water partition coefficient (Wildman–Crippen LogP) is 4.82. The third-order valence-corrected chi connectivity index (χ3v) is 4.01. The molecule has 0 bridgehead atoms. The van der Waals surface area contributed by atoms with Crippen LogP contribution in [0.2, 0.25) is 0 Å². The van der Waals surface area contributed by atoms with E-state index in [1.54, 1.807) is 0 Å². The highest BCUT2D eigenvalue weighted by Crippen LogP contribution is 2.21. The summed E-state index contributed by atoms with van der Waals surface area (Å²) in [5.74, 6) is 0. The van der Waals surface area contributed by atoms with E-state index in [1.807, 2.05) is 0 Å². The van der Waals surface area contributed by atoms with Crippen LogP contribution in [0.3, 0.4) is 0 Å². The van der Waals surface area contributed by atoms with Gasteiger partial charge in [-0.05, 0) is 12.8 Å². The summed E-state index contributed by atoms with van der Waals surface area (Å²) < 4.78 is 0. The molecule has 2 heteroatoms. The number of unbranched alkanes of at least 4 members (excludes halogenated alkanes) is 9. The highest BCUT2D eigenvalue weighted by molar-refractivity contribution is 4.76. The van der Waals surface area contributed by atoms with Gasteiger partial charge in [0.25, 0.3) is 0 Å². The van der Waals surface area contributed by atoms with E-state index in [2.05, 4.69) is 13.8 Å². The van der Waals surface area contributed by atoms with Crippen LogP contribution in [0, 0.1) is 0 Å². The summed E-state index contributed by atoms with van der Waals surface area (Å²) in [5, 5.41) is 19.3. The third-order valence-electron chi connectivity index (χ3n) is 4.01. The molecule has 0 aromatic carbocycles. The molecule has 0 fully saturated rings. The fraction of sp³-hybridized carbons (Fsp3) is 1.00. The zero-order valence-electron chi connectivity index (χ0n) is 13.3. The first-order chi connectivity index (χ1) is 9.18. The van der Waals surface area contributed by atoms with Crippen LogP contribution in [0.15, 0.2) is 0 Å². The number of aliphatic hydroxyl groups excluding tert-OH is 1. The average Bonchev–Trinajstić information content (AvgIpc) is 2.41. The monoisotopic (exact) mass is 272 g/mol. The molecule has 19 heavy (non-hydrogen) atoms. The first kappa shape index (κ1) is 18.9. The zero-order chi connectivity index (χ0) is 14.4. The normalized spacial score (nSPS) is 14.5. The molecular weight excluding hydrogens is 236 g/mol. The van der Waals surface area contributed by atoms with Crippen molar-refractivity contribution in [3.8, 4) is 0 Å². The van der Waals surface area contributed by atoms with Crippen LogP contribution in [0.5, 0.6) is 0 Å². The second kappa shape index (κ2) is 12.9. The summed E-state index contributed by atoms with van der Waals surface area (Å²) in [6, 6.07) is 0. The van der Waals surface area contributed by atoms with Gasteiger partial charge in [0.15, 0.2) is 0 Å². The molecule has 0 aliphatic heterocycles. The van der Waals surface area contributed by atoms with E-state index < -0.39 is 5.60 Å². The molecule has 0 aliphatic rings. The van der Waals surface area contributed by atoms with Crippen molar-refractivity contribution in [2.24, 2.45) is 0 Å². The van der Waals surface area contributed by atoms with E-state index in [9.17, 15) is 10.2 Å². The number of aliphatic hydroxyl groups is 2. The van der Waals surface area contributed by atoms with E-state index in [4.69, 9.17) is 0 Å². The van der Waals surface area contributed by atoms with Gasteiger partial charge in [-0.1, -0.05) is 84.5 Å². The van der Waals surface area contributed by atoms with Crippen molar-refractivity contribution in [3.05, 3.63) is 0 Å². The fourth-order valence-electron chi connectivity index (χ4n) is 2.69. The van der Waals surface area contributed by atoms with Gasteiger partial charge in [0.1, 0.15) is 0 Å². The van der Waals surface area contributed by atoms with E-state index in [0.717, 1.165) is 25.7 Å². The zero-order valence-corrected chi connectivity index (χ0v) is 13.3. The summed E-state index contributed by atoms with van der Waals surface area (Å²) in [4.78, 5) is 0. The van der Waals surface area contributed by atoms with Gasteiger partial charge in [-0.3, -0.25) is 0 Å². The van der Waals surface area contributed by atoms with Gasteiger partial charge < -0.3 is 10.2 Å². The Balaban J connectivity index is 3.30. The summed E-state index contributed by atoms with van der Waals surface area (Å²) >= 11 is 0. The molecule has 2 N–H and O–H groups in total. The maximum Gasteiger partial charge on any atom is 0.0877 e. The van der Waals surface area contributed by atoms with Crippen molar-refractivity contribution in [1.82, 2.24) is 0 Å². The first-order valence-electron chi connectivity index (χ1n) is 8.51. The molecule has 0 saturated carbocycles. The highest BCUT2D eigenvalue weighted by atomic mass is 16.3. The predicted molar refractivity (Wildman–Crippen MR) is 83.4 cm³/mol. The largest absolute Gasteiger partial charge is 0.393 e. The van der Waals surface area contributed by atoms with Crippen molar-refractivity contribution in [3.63, 3.8) is 0 Å². The third kappa shape index (κ3) is 11.4. The lowest BCUT2D eigenvalue weighted by Gasteiger charge is -2.25. The van der Waals surface area contributed by atoms with Gasteiger partial charge in [-0.2, -0.15) is 0 Å². The van der Waals surface area contributed by atoms with Crippen LogP contribution in [0.1, 0.15) is 97.3 Å². The summed E-state index contributed by atoms with van der Waals surface area (Å²) in [6.45, 7) is 4.23. The molecule has 0 aromatic rings. The molecule has 0 aromatic heterocycles. The smallest absolute Gasteiger partial charge is 0.0877 e. The van der Waals surface area contributed by atoms with Crippen molar-refractivity contribution in [2.75, 3.05) is 6.61 Å². The van der Waals surface area contributed by atoms with E-state index in [1.165, 1.54) is 57.8 Å². The van der Waals surface area contributed by atoms with E-state index in [-0.39, 0.29) is 6.61 Å². The Morgan fingerprint density at radius 1 is 0.632 bits per heavy atom. The van der Waals surface area contributed by atoms with Crippen molar-refractivity contribution in [2.45, 2.75) is 103 Å². The summed E-state index contributed by atoms with van der Waals surface area (Å²) in [7, 11) is 0. The lowest BCUT2D eigenvalue weighted by molar-refractivity contribution is -0.0301. The lowest BCUT2D eigenvalue weighted by Crippen LogP contribution is -2.32. The topological polar surface area (TPSA) is 40.5 Å². The van der Waals surface area contributed by atoms with Crippen LogP contribution in [-0.2, 0) is 0 Å². The summed E-state index contributed by atoms with van der Waals surface area (Å²) in [6.07, 6.45) is 15.5. The molecule has 0 spiro atoms. The van der Waals surface area contributed by atoms with Gasteiger partial charge >= 0.3 is 0 Å². The van der Waals surface area contributed by atoms with Crippen LogP contribution >= 0.6 is 0 Å². The first-order valence-corrected chi connectivity index (χ1v) is 8.51. The summed E-state index contributed by atoms with van der Waals surface area (Å²) in [5.41, 5.74) is -0.811. The van der Waals surface area contributed by atoms with E-state index in [0.29, 0.717) is 0 Å². The Morgan fingerprint density at radius 3 is 1.53 bits per heavy atom. The minimum absolute atomic E-state index is 0.0851. The van der Waals surface area contributed by atoms with Gasteiger partial charge in [0.05, 0.1) is 12.2 Å². The van der Waals surface area contributed by atoms with Crippen molar-refractivity contribution in [1.29, 1.82) is 0 Å². The second-order valence-electron chi connectivity index (χ2n) is 6.06. The molecule has 0 saturated heterocycles. The maximum atomic E-state index is 10.1. The number of hydrogen-bond acceptors (Lipinski definition) is 2. The molecule has 1 unspecified atom stereocenters. The quantitative estimate of drug-likeness (QED) is 0.445. The maximum absolute atomic E-state index is 10.1. The molecule has 0 radical (unpaired) electrons. The van der Waals surface area contributed by atoms with Gasteiger partial charge in [-0.25, -0.2) is 0 Å². The van der Waals surface area contributed by atoms with Crippen molar-refractivity contribution < 1.29 is 10.2 Å². The Kier molecular flexibility index (Phi) is 12.9. The van der Waals surface area contributed by atoms with Gasteiger partial charge in [-0.15, -0.1) is 0 Å². The van der Waals surface area contributed by atoms with Crippen LogP contribution < -0.4 is 0 Å². The molecule has 0 rings (SSSR count). The Labute approximate surface area is 120 Å². The molecular formula is C17H36O2. The second-order valence-corrected chi connectivity index (χ2v) is 6.06. The Hall–Kier alpha value is -0.0800. The standard InChI is InChI=1S/C17H36O2/c1-3-5-6-7-8-9-10-11-12-13-15-17(19,16-18)14-4-2/h18-19H,3-16H2,1-2H3. The van der Waals surface area contributed by atoms with Gasteiger partial charge in [0, 0.05) is 0 Å². The minimum atomic E-state index is -0.811. The number of hydrogen-bond donors (Lipinski definition) is 2. The molecule has 1 atom stereocenters. The molecule has 0 aliphatic carbocycles. The molecule has 0 heterocycles. The SMILES string of the molecule is CCCCCCCCCCCCC(O)(CO)CCC. The molecule has 0 amide bonds. The Morgan fingerprint density at radius 2 is 1.11 bits per heavy atom. The van der Waals surface area contributed by atoms with Crippen LogP contribution in [-0.4, -0.2) is 22.4 Å². The highest BCUT2D eigenvalue weighted by Gasteiger charge is 2.23.